The van der Waals surface area contributed by atoms with Crippen LogP contribution in [0.15, 0.2) is 48.5 Å². The fourth-order valence-corrected chi connectivity index (χ4v) is 7.96. The van der Waals surface area contributed by atoms with Crippen molar-refractivity contribution >= 4 is 5.91 Å². The molecule has 2 N–H and O–H groups in total. The Morgan fingerprint density at radius 3 is 2.69 bits per heavy atom. The van der Waals surface area contributed by atoms with Gasteiger partial charge in [-0.3, -0.25) is 4.79 Å². The van der Waals surface area contributed by atoms with Gasteiger partial charge in [-0.25, -0.2) is 4.39 Å². The highest BCUT2D eigenvalue weighted by Gasteiger charge is 2.56. The molecule has 2 saturated heterocycles. The molecular formula is C31H40FN2O2+. The molecular weight excluding hydrogens is 451 g/mol. The lowest BCUT2D eigenvalue weighted by Crippen LogP contribution is -2.82. The molecule has 3 heterocycles. The zero-order chi connectivity index (χ0) is 24.5. The summed E-state index contributed by atoms with van der Waals surface area (Å²) in [7, 11) is 0. The van der Waals surface area contributed by atoms with Crippen molar-refractivity contribution < 1.29 is 19.2 Å². The van der Waals surface area contributed by atoms with Gasteiger partial charge in [-0.2, -0.15) is 0 Å². The first kappa shape index (κ1) is 24.1. The SMILES string of the molecule is O=C([C@@H]1C[NH2+]C[C@]12COCCc1cccc(F)c12)N1CC[C@@H](c2ccccc2)C[C@H]1C1CCCCC1. The summed E-state index contributed by atoms with van der Waals surface area (Å²) < 4.78 is 21.5. The zero-order valence-electron chi connectivity index (χ0n) is 21.3. The molecule has 0 aromatic heterocycles. The third-order valence-electron chi connectivity index (χ3n) is 9.74. The van der Waals surface area contributed by atoms with E-state index in [-0.39, 0.29) is 23.7 Å². The summed E-state index contributed by atoms with van der Waals surface area (Å²) in [6.45, 7) is 3.25. The van der Waals surface area contributed by atoms with E-state index in [4.69, 9.17) is 4.74 Å². The van der Waals surface area contributed by atoms with Gasteiger partial charge in [0.15, 0.2) is 0 Å². The zero-order valence-corrected chi connectivity index (χ0v) is 21.3. The maximum Gasteiger partial charge on any atom is 0.232 e. The molecule has 0 bridgehead atoms. The Balaban J connectivity index is 1.33. The number of ether oxygens (including phenoxy) is 1. The van der Waals surface area contributed by atoms with Gasteiger partial charge in [0, 0.05) is 18.2 Å². The van der Waals surface area contributed by atoms with Crippen LogP contribution in [0.25, 0.3) is 0 Å². The number of carbonyl (C=O) groups excluding carboxylic acids is 1. The number of benzene rings is 2. The minimum Gasteiger partial charge on any atom is -0.380 e. The van der Waals surface area contributed by atoms with E-state index in [2.05, 4.69) is 40.5 Å². The van der Waals surface area contributed by atoms with Crippen LogP contribution in [0.4, 0.5) is 4.39 Å². The number of nitrogens with zero attached hydrogens (tertiary/aromatic N) is 1. The Morgan fingerprint density at radius 2 is 1.86 bits per heavy atom. The highest BCUT2D eigenvalue weighted by Crippen LogP contribution is 2.44. The van der Waals surface area contributed by atoms with Crippen molar-refractivity contribution in [3.05, 3.63) is 71.0 Å². The number of hydrogen-bond acceptors (Lipinski definition) is 2. The van der Waals surface area contributed by atoms with Crippen molar-refractivity contribution in [2.24, 2.45) is 11.8 Å². The number of nitrogens with two attached hydrogens (primary N) is 1. The van der Waals surface area contributed by atoms with E-state index in [9.17, 15) is 4.79 Å². The highest BCUT2D eigenvalue weighted by atomic mass is 19.1. The fraction of sp³-hybridized carbons (Fsp3) is 0.581. The molecule has 1 aliphatic carbocycles. The van der Waals surface area contributed by atoms with Crippen molar-refractivity contribution in [2.75, 3.05) is 32.8 Å². The lowest BCUT2D eigenvalue weighted by atomic mass is 9.69. The van der Waals surface area contributed by atoms with Crippen LogP contribution in [-0.4, -0.2) is 49.7 Å². The standard InChI is InChI=1S/C31H39FN2O2/c32-27-13-7-12-24-15-17-36-21-31(29(24)27)20-33-19-26(31)30(35)34-16-14-25(22-8-3-1-4-9-22)18-28(34)23-10-5-2-6-11-23/h1,3-4,7-9,12-13,23,25-26,28,33H,2,5-6,10-11,14-21H2/p+1/t25-,26+,28+,31+/m1/s1. The van der Waals surface area contributed by atoms with Crippen LogP contribution in [0, 0.1) is 17.7 Å². The van der Waals surface area contributed by atoms with Crippen LogP contribution in [0.3, 0.4) is 0 Å². The third kappa shape index (κ3) is 4.28. The summed E-state index contributed by atoms with van der Waals surface area (Å²) in [5, 5.41) is 2.22. The van der Waals surface area contributed by atoms with Crippen LogP contribution in [0.1, 0.15) is 67.6 Å². The van der Waals surface area contributed by atoms with Gasteiger partial charge in [-0.05, 0) is 61.1 Å². The molecule has 0 radical (unpaired) electrons. The topological polar surface area (TPSA) is 46.1 Å². The first-order chi connectivity index (χ1) is 17.7. The molecule has 3 aliphatic heterocycles. The van der Waals surface area contributed by atoms with Gasteiger partial charge >= 0.3 is 0 Å². The predicted molar refractivity (Wildman–Crippen MR) is 138 cm³/mol. The van der Waals surface area contributed by atoms with Crippen molar-refractivity contribution in [2.45, 2.75) is 68.7 Å². The van der Waals surface area contributed by atoms with Crippen LogP contribution in [0.5, 0.6) is 0 Å². The number of quaternary nitrogens is 1. The molecule has 1 saturated carbocycles. The van der Waals surface area contributed by atoms with E-state index in [1.165, 1.54) is 37.7 Å². The molecule has 2 aromatic rings. The Bertz CT molecular complexity index is 1070. The van der Waals surface area contributed by atoms with E-state index in [1.807, 2.05) is 6.07 Å². The van der Waals surface area contributed by atoms with Crippen molar-refractivity contribution in [3.8, 4) is 0 Å². The summed E-state index contributed by atoms with van der Waals surface area (Å²) in [4.78, 5) is 16.8. The fourth-order valence-electron chi connectivity index (χ4n) is 7.96. The number of piperidine rings is 1. The smallest absolute Gasteiger partial charge is 0.232 e. The molecule has 1 amide bonds. The van der Waals surface area contributed by atoms with Crippen molar-refractivity contribution in [1.82, 2.24) is 4.90 Å². The minimum absolute atomic E-state index is 0.169. The monoisotopic (exact) mass is 491 g/mol. The van der Waals surface area contributed by atoms with Crippen molar-refractivity contribution in [1.29, 1.82) is 0 Å². The average Bonchev–Trinajstić information content (AvgIpc) is 3.25. The Hall–Kier alpha value is -2.24. The summed E-state index contributed by atoms with van der Waals surface area (Å²) in [5.74, 6) is 0.907. The Kier molecular flexibility index (Phi) is 6.87. The van der Waals surface area contributed by atoms with E-state index in [1.54, 1.807) is 12.1 Å². The van der Waals surface area contributed by atoms with E-state index < -0.39 is 5.41 Å². The molecule has 2 aromatic carbocycles. The van der Waals surface area contributed by atoms with Crippen LogP contribution < -0.4 is 5.32 Å². The van der Waals surface area contributed by atoms with Crippen LogP contribution in [-0.2, 0) is 21.4 Å². The average molecular weight is 492 g/mol. The number of rotatable bonds is 3. The molecule has 1 spiro atoms. The molecule has 3 fully saturated rings. The van der Waals surface area contributed by atoms with Crippen LogP contribution in [0.2, 0.25) is 0 Å². The quantitative estimate of drug-likeness (QED) is 0.700. The van der Waals surface area contributed by atoms with Gasteiger partial charge in [-0.15, -0.1) is 0 Å². The van der Waals surface area contributed by atoms with Gasteiger partial charge in [-0.1, -0.05) is 61.7 Å². The number of likely N-dealkylation sites (tertiary alicyclic amines) is 1. The molecule has 0 unspecified atom stereocenters. The van der Waals surface area contributed by atoms with Crippen molar-refractivity contribution in [3.63, 3.8) is 0 Å². The van der Waals surface area contributed by atoms with Crippen LogP contribution >= 0.6 is 0 Å². The molecule has 6 rings (SSSR count). The first-order valence-electron chi connectivity index (χ1n) is 14.2. The molecule has 5 heteroatoms. The van der Waals surface area contributed by atoms with E-state index in [0.717, 1.165) is 30.5 Å². The first-order valence-corrected chi connectivity index (χ1v) is 14.2. The van der Waals surface area contributed by atoms with E-state index >= 15 is 4.39 Å². The normalized spacial score (nSPS) is 31.2. The van der Waals surface area contributed by atoms with Gasteiger partial charge < -0.3 is 15.0 Å². The lowest BCUT2D eigenvalue weighted by molar-refractivity contribution is -0.640. The molecule has 192 valence electrons. The second-order valence-corrected chi connectivity index (χ2v) is 11.6. The summed E-state index contributed by atoms with van der Waals surface area (Å²) in [6, 6.07) is 16.6. The number of carbonyl (C=O) groups is 1. The summed E-state index contributed by atoms with van der Waals surface area (Å²) in [6.07, 6.45) is 9.06. The van der Waals surface area contributed by atoms with Gasteiger partial charge in [0.05, 0.1) is 31.7 Å². The second-order valence-electron chi connectivity index (χ2n) is 11.6. The van der Waals surface area contributed by atoms with E-state index in [0.29, 0.717) is 44.6 Å². The highest BCUT2D eigenvalue weighted by molar-refractivity contribution is 5.82. The summed E-state index contributed by atoms with van der Waals surface area (Å²) in [5.41, 5.74) is 2.60. The Labute approximate surface area is 214 Å². The second kappa shape index (κ2) is 10.3. The lowest BCUT2D eigenvalue weighted by Gasteiger charge is -2.46. The molecule has 4 aliphatic rings. The number of amides is 1. The molecule has 36 heavy (non-hydrogen) atoms. The maximum atomic E-state index is 15.4. The molecule has 4 nitrogen and oxygen atoms in total. The number of hydrogen-bond donors (Lipinski definition) is 1. The number of fused-ring (bicyclic) bond motifs is 2. The third-order valence-corrected chi connectivity index (χ3v) is 9.74. The number of halogens is 1. The maximum absolute atomic E-state index is 15.4. The summed E-state index contributed by atoms with van der Waals surface area (Å²) >= 11 is 0. The largest absolute Gasteiger partial charge is 0.380 e. The Morgan fingerprint density at radius 1 is 1.03 bits per heavy atom. The van der Waals surface area contributed by atoms with Gasteiger partial charge in [0.1, 0.15) is 11.7 Å². The minimum atomic E-state index is -0.582. The molecule has 4 atom stereocenters. The predicted octanol–water partition coefficient (Wildman–Crippen LogP) is 4.18. The van der Waals surface area contributed by atoms with Gasteiger partial charge in [0.25, 0.3) is 0 Å². The van der Waals surface area contributed by atoms with Gasteiger partial charge in [0.2, 0.25) is 5.91 Å².